The van der Waals surface area contributed by atoms with Gasteiger partial charge in [-0.3, -0.25) is 0 Å². The third kappa shape index (κ3) is 2.18. The van der Waals surface area contributed by atoms with E-state index in [4.69, 9.17) is 4.74 Å². The van der Waals surface area contributed by atoms with Gasteiger partial charge in [-0.25, -0.2) is 0 Å². The first-order valence-corrected chi connectivity index (χ1v) is 6.73. The zero-order valence-electron chi connectivity index (χ0n) is 10.4. The summed E-state index contributed by atoms with van der Waals surface area (Å²) in [6, 6.07) is 10.1. The average molecular weight is 248 g/mol. The molecule has 2 fully saturated rings. The number of aliphatic hydroxyl groups is 2. The number of hydrogen-bond donors (Lipinski definition) is 2. The molecule has 1 aromatic rings. The number of fused-ring (bicyclic) bond motifs is 1. The molecule has 0 saturated heterocycles. The summed E-state index contributed by atoms with van der Waals surface area (Å²) in [5, 5.41) is 19.5. The molecule has 0 heterocycles. The van der Waals surface area contributed by atoms with Crippen molar-refractivity contribution in [1.29, 1.82) is 0 Å². The molecule has 1 unspecified atom stereocenters. The Labute approximate surface area is 107 Å². The maximum atomic E-state index is 9.86. The molecule has 0 spiro atoms. The summed E-state index contributed by atoms with van der Waals surface area (Å²) < 4.78 is 5.75. The average Bonchev–Trinajstić information content (AvgIpc) is 2.60. The zero-order valence-corrected chi connectivity index (χ0v) is 10.4. The molecule has 2 saturated carbocycles. The Morgan fingerprint density at radius 3 is 2.44 bits per heavy atom. The van der Waals surface area contributed by atoms with Crippen LogP contribution in [0.5, 0.6) is 0 Å². The molecule has 98 valence electrons. The van der Waals surface area contributed by atoms with Crippen LogP contribution in [0, 0.1) is 17.8 Å². The summed E-state index contributed by atoms with van der Waals surface area (Å²) in [7, 11) is 0. The van der Waals surface area contributed by atoms with E-state index in [1.165, 1.54) is 5.56 Å². The van der Waals surface area contributed by atoms with Crippen molar-refractivity contribution in [1.82, 2.24) is 0 Å². The maximum Gasteiger partial charge on any atom is 0.0717 e. The minimum Gasteiger partial charge on any atom is -0.393 e. The van der Waals surface area contributed by atoms with Crippen LogP contribution in [0.3, 0.4) is 0 Å². The van der Waals surface area contributed by atoms with Gasteiger partial charge in [-0.05, 0) is 30.2 Å². The van der Waals surface area contributed by atoms with E-state index in [2.05, 4.69) is 12.1 Å². The first-order chi connectivity index (χ1) is 8.75. The molecular weight excluding hydrogens is 228 g/mol. The first-order valence-electron chi connectivity index (χ1n) is 6.73. The third-order valence-electron chi connectivity index (χ3n) is 4.49. The largest absolute Gasteiger partial charge is 0.393 e. The van der Waals surface area contributed by atoms with E-state index in [0.29, 0.717) is 25.0 Å². The molecule has 3 heteroatoms. The summed E-state index contributed by atoms with van der Waals surface area (Å²) in [4.78, 5) is 0. The summed E-state index contributed by atoms with van der Waals surface area (Å²) in [6.45, 7) is 1.33. The van der Waals surface area contributed by atoms with E-state index in [9.17, 15) is 10.2 Å². The van der Waals surface area contributed by atoms with Crippen molar-refractivity contribution in [2.45, 2.75) is 31.7 Å². The van der Waals surface area contributed by atoms with Crippen molar-refractivity contribution < 1.29 is 14.9 Å². The quantitative estimate of drug-likeness (QED) is 0.850. The summed E-state index contributed by atoms with van der Waals surface area (Å²) in [5.74, 6) is 0.984. The molecular formula is C15H20O3. The van der Waals surface area contributed by atoms with Crippen molar-refractivity contribution in [3.05, 3.63) is 35.9 Å². The number of aliphatic hydroxyl groups excluding tert-OH is 2. The van der Waals surface area contributed by atoms with Gasteiger partial charge >= 0.3 is 0 Å². The van der Waals surface area contributed by atoms with Crippen molar-refractivity contribution in [2.24, 2.45) is 17.8 Å². The van der Waals surface area contributed by atoms with E-state index in [1.807, 2.05) is 18.2 Å². The topological polar surface area (TPSA) is 49.7 Å². The van der Waals surface area contributed by atoms with Gasteiger partial charge in [0, 0.05) is 5.92 Å². The van der Waals surface area contributed by atoms with Crippen LogP contribution in [0.1, 0.15) is 18.4 Å². The van der Waals surface area contributed by atoms with Gasteiger partial charge in [0.25, 0.3) is 0 Å². The van der Waals surface area contributed by atoms with E-state index < -0.39 is 0 Å². The molecule has 0 radical (unpaired) electrons. The van der Waals surface area contributed by atoms with Gasteiger partial charge in [0.15, 0.2) is 0 Å². The highest BCUT2D eigenvalue weighted by atomic mass is 16.5. The third-order valence-corrected chi connectivity index (χ3v) is 4.49. The van der Waals surface area contributed by atoms with Crippen molar-refractivity contribution in [3.63, 3.8) is 0 Å². The molecule has 2 N–H and O–H groups in total. The van der Waals surface area contributed by atoms with Gasteiger partial charge in [0.2, 0.25) is 0 Å². The van der Waals surface area contributed by atoms with Crippen LogP contribution in [-0.2, 0) is 11.3 Å². The zero-order chi connectivity index (χ0) is 12.5. The van der Waals surface area contributed by atoms with E-state index in [0.717, 1.165) is 12.8 Å². The molecule has 0 aliphatic heterocycles. The maximum absolute atomic E-state index is 9.86. The smallest absolute Gasteiger partial charge is 0.0717 e. The lowest BCUT2D eigenvalue weighted by molar-refractivity contribution is -0.0760. The predicted molar refractivity (Wildman–Crippen MR) is 67.8 cm³/mol. The van der Waals surface area contributed by atoms with Gasteiger partial charge in [0.05, 0.1) is 25.4 Å². The Kier molecular flexibility index (Phi) is 3.37. The van der Waals surface area contributed by atoms with Gasteiger partial charge in [-0.2, -0.15) is 0 Å². The lowest BCUT2D eigenvalue weighted by Gasteiger charge is -2.40. The Balaban J connectivity index is 1.47. The SMILES string of the molecule is O[C@@H]1C[C@@H]2C(COCc3ccccc3)C[C@H](O)[C@H]12. The minimum atomic E-state index is -0.330. The number of hydrogen-bond acceptors (Lipinski definition) is 3. The fraction of sp³-hybridized carbons (Fsp3) is 0.600. The van der Waals surface area contributed by atoms with Crippen LogP contribution in [0.4, 0.5) is 0 Å². The van der Waals surface area contributed by atoms with Crippen LogP contribution in [0.2, 0.25) is 0 Å². The van der Waals surface area contributed by atoms with Crippen molar-refractivity contribution in [2.75, 3.05) is 6.61 Å². The lowest BCUT2D eigenvalue weighted by Crippen LogP contribution is -2.44. The fourth-order valence-corrected chi connectivity index (χ4v) is 3.47. The second-order valence-corrected chi connectivity index (χ2v) is 5.61. The van der Waals surface area contributed by atoms with Gasteiger partial charge < -0.3 is 14.9 Å². The van der Waals surface area contributed by atoms with Gasteiger partial charge in [0.1, 0.15) is 0 Å². The number of ether oxygens (including phenoxy) is 1. The highest BCUT2D eigenvalue weighted by Gasteiger charge is 2.53. The Bertz CT molecular complexity index is 392. The van der Waals surface area contributed by atoms with Gasteiger partial charge in [-0.1, -0.05) is 30.3 Å². The minimum absolute atomic E-state index is 0.107. The van der Waals surface area contributed by atoms with Crippen LogP contribution in [-0.4, -0.2) is 29.0 Å². The number of benzene rings is 1. The second-order valence-electron chi connectivity index (χ2n) is 5.61. The molecule has 3 nitrogen and oxygen atoms in total. The monoisotopic (exact) mass is 248 g/mol. The van der Waals surface area contributed by atoms with E-state index in [1.54, 1.807) is 0 Å². The Hall–Kier alpha value is -0.900. The van der Waals surface area contributed by atoms with Crippen LogP contribution < -0.4 is 0 Å². The normalized spacial score (nSPS) is 38.2. The molecule has 3 rings (SSSR count). The van der Waals surface area contributed by atoms with Crippen LogP contribution in [0.15, 0.2) is 30.3 Å². The summed E-state index contributed by atoms with van der Waals surface area (Å²) in [5.41, 5.74) is 1.18. The van der Waals surface area contributed by atoms with E-state index >= 15 is 0 Å². The van der Waals surface area contributed by atoms with E-state index in [-0.39, 0.29) is 18.1 Å². The standard InChI is InChI=1S/C15H20O3/c16-13-6-11(12-7-14(17)15(12)13)9-18-8-10-4-2-1-3-5-10/h1-5,11-17H,6-9H2/t11?,12-,13+,14-,15-/m1/s1. The highest BCUT2D eigenvalue weighted by molar-refractivity contribution is 5.13. The van der Waals surface area contributed by atoms with Gasteiger partial charge in [-0.15, -0.1) is 0 Å². The molecule has 2 aliphatic rings. The fourth-order valence-electron chi connectivity index (χ4n) is 3.47. The highest BCUT2D eigenvalue weighted by Crippen LogP contribution is 2.50. The molecule has 2 aliphatic carbocycles. The predicted octanol–water partition coefficient (Wildman–Crippen LogP) is 1.58. The molecule has 18 heavy (non-hydrogen) atoms. The summed E-state index contributed by atoms with van der Waals surface area (Å²) >= 11 is 0. The van der Waals surface area contributed by atoms with Crippen molar-refractivity contribution in [3.8, 4) is 0 Å². The molecule has 5 atom stereocenters. The molecule has 0 aromatic heterocycles. The second kappa shape index (κ2) is 5.00. The molecule has 1 aromatic carbocycles. The Morgan fingerprint density at radius 2 is 1.78 bits per heavy atom. The number of rotatable bonds is 4. The first kappa shape index (κ1) is 12.2. The van der Waals surface area contributed by atoms with Crippen LogP contribution >= 0.6 is 0 Å². The Morgan fingerprint density at radius 1 is 1.06 bits per heavy atom. The summed E-state index contributed by atoms with van der Waals surface area (Å²) in [6.07, 6.45) is 0.996. The molecule has 0 amide bonds. The molecule has 0 bridgehead atoms. The lowest BCUT2D eigenvalue weighted by atomic mass is 9.70. The van der Waals surface area contributed by atoms with Crippen molar-refractivity contribution >= 4 is 0 Å². The van der Waals surface area contributed by atoms with Crippen LogP contribution in [0.25, 0.3) is 0 Å².